The number of hydrogen-bond donors (Lipinski definition) is 1. The van der Waals surface area contributed by atoms with E-state index in [-0.39, 0.29) is 36.0 Å². The number of nitro groups is 1. The van der Waals surface area contributed by atoms with Crippen LogP contribution in [0.25, 0.3) is 0 Å². The van der Waals surface area contributed by atoms with Crippen LogP contribution in [0, 0.1) is 16.0 Å². The first-order valence-electron chi connectivity index (χ1n) is 5.82. The smallest absolute Gasteiger partial charge is 0.292 e. The highest BCUT2D eigenvalue weighted by Gasteiger charge is 2.35. The molecular formula is C11H13N3O5S. The molecule has 1 saturated heterocycles. The predicted molar refractivity (Wildman–Crippen MR) is 71.5 cm³/mol. The Kier molecular flexibility index (Phi) is 3.73. The van der Waals surface area contributed by atoms with Gasteiger partial charge in [0.25, 0.3) is 5.69 Å². The van der Waals surface area contributed by atoms with Crippen molar-refractivity contribution in [3.8, 4) is 0 Å². The number of carbonyl (C=O) groups is 1. The van der Waals surface area contributed by atoms with Crippen LogP contribution in [0.4, 0.5) is 11.4 Å². The number of nitrogens with zero attached hydrogens (tertiary/aromatic N) is 2. The number of nitrogens with two attached hydrogens (primary N) is 1. The van der Waals surface area contributed by atoms with Crippen LogP contribution in [0.1, 0.15) is 6.42 Å². The van der Waals surface area contributed by atoms with Gasteiger partial charge in [-0.15, -0.1) is 0 Å². The zero-order valence-corrected chi connectivity index (χ0v) is 11.2. The minimum atomic E-state index is -3.68. The summed E-state index contributed by atoms with van der Waals surface area (Å²) in [5.74, 6) is -1.10. The quantitative estimate of drug-likeness (QED) is 0.629. The maximum Gasteiger partial charge on any atom is 0.292 e. The highest BCUT2D eigenvalue weighted by molar-refractivity contribution is 7.89. The van der Waals surface area contributed by atoms with Crippen molar-refractivity contribution in [3.05, 3.63) is 34.4 Å². The maximum absolute atomic E-state index is 11.9. The highest BCUT2D eigenvalue weighted by atomic mass is 32.2. The molecule has 20 heavy (non-hydrogen) atoms. The molecule has 1 aromatic rings. The van der Waals surface area contributed by atoms with E-state index in [4.69, 9.17) is 5.14 Å². The third-order valence-corrected chi connectivity index (χ3v) is 3.98. The lowest BCUT2D eigenvalue weighted by atomic mass is 10.1. The summed E-state index contributed by atoms with van der Waals surface area (Å²) in [5.41, 5.74) is -0.00322. The molecule has 1 aromatic carbocycles. The van der Waals surface area contributed by atoms with E-state index in [0.29, 0.717) is 0 Å². The second-order valence-corrected chi connectivity index (χ2v) is 6.31. The first-order chi connectivity index (χ1) is 9.28. The van der Waals surface area contributed by atoms with Gasteiger partial charge in [-0.3, -0.25) is 14.9 Å². The van der Waals surface area contributed by atoms with Crippen LogP contribution < -0.4 is 10.0 Å². The van der Waals surface area contributed by atoms with E-state index in [1.165, 1.54) is 23.1 Å². The van der Waals surface area contributed by atoms with Gasteiger partial charge in [-0.1, -0.05) is 12.1 Å². The molecule has 0 aromatic heterocycles. The van der Waals surface area contributed by atoms with Gasteiger partial charge in [0.05, 0.1) is 10.7 Å². The molecule has 0 aliphatic carbocycles. The largest absolute Gasteiger partial charge is 0.306 e. The van der Waals surface area contributed by atoms with E-state index in [0.717, 1.165) is 0 Å². The molecule has 1 aliphatic heterocycles. The minimum Gasteiger partial charge on any atom is -0.306 e. The summed E-state index contributed by atoms with van der Waals surface area (Å²) in [7, 11) is -3.68. The van der Waals surface area contributed by atoms with Crippen LogP contribution in [0.15, 0.2) is 24.3 Å². The van der Waals surface area contributed by atoms with E-state index in [9.17, 15) is 23.3 Å². The summed E-state index contributed by atoms with van der Waals surface area (Å²) >= 11 is 0. The van der Waals surface area contributed by atoms with Crippen molar-refractivity contribution < 1.29 is 18.1 Å². The average molecular weight is 299 g/mol. The zero-order valence-electron chi connectivity index (χ0n) is 10.4. The molecular weight excluding hydrogens is 286 g/mol. The molecule has 1 heterocycles. The lowest BCUT2D eigenvalue weighted by Crippen LogP contribution is -2.28. The average Bonchev–Trinajstić information content (AvgIpc) is 2.67. The number of sulfonamides is 1. The van der Waals surface area contributed by atoms with E-state index < -0.39 is 20.9 Å². The number of nitro benzene ring substituents is 1. The van der Waals surface area contributed by atoms with Crippen molar-refractivity contribution in [2.75, 3.05) is 17.2 Å². The zero-order chi connectivity index (χ0) is 14.9. The Bertz CT molecular complexity index is 658. The number of carbonyl (C=O) groups excluding carboxylic acids is 1. The van der Waals surface area contributed by atoms with Crippen LogP contribution in [0.3, 0.4) is 0 Å². The van der Waals surface area contributed by atoms with E-state index in [1.807, 2.05) is 0 Å². The van der Waals surface area contributed by atoms with Gasteiger partial charge in [0.15, 0.2) is 0 Å². The summed E-state index contributed by atoms with van der Waals surface area (Å²) in [6.07, 6.45) is 0.0163. The molecule has 9 heteroatoms. The second kappa shape index (κ2) is 5.17. The fraction of sp³-hybridized carbons (Fsp3) is 0.364. The topological polar surface area (TPSA) is 124 Å². The molecule has 0 radical (unpaired) electrons. The van der Waals surface area contributed by atoms with Crippen LogP contribution in [0.5, 0.6) is 0 Å². The Morgan fingerprint density at radius 2 is 2.05 bits per heavy atom. The van der Waals surface area contributed by atoms with Crippen LogP contribution in [-0.4, -0.2) is 31.5 Å². The number of rotatable bonds is 4. The number of para-hydroxylation sites is 2. The van der Waals surface area contributed by atoms with Gasteiger partial charge < -0.3 is 4.90 Å². The third-order valence-electron chi connectivity index (χ3n) is 3.04. The van der Waals surface area contributed by atoms with Gasteiger partial charge in [0.1, 0.15) is 5.69 Å². The van der Waals surface area contributed by atoms with E-state index in [2.05, 4.69) is 0 Å². The van der Waals surface area contributed by atoms with Crippen LogP contribution >= 0.6 is 0 Å². The molecule has 8 nitrogen and oxygen atoms in total. The third kappa shape index (κ3) is 3.11. The fourth-order valence-electron chi connectivity index (χ4n) is 2.30. The standard InChI is InChI=1S/C11H13N3O5S/c12-20(18,19)7-8-5-11(15)13(6-8)9-3-1-2-4-10(9)14(16)17/h1-4,8H,5-7H2,(H2,12,18,19). The molecule has 108 valence electrons. The van der Waals surface area contributed by atoms with Crippen molar-refractivity contribution in [1.82, 2.24) is 0 Å². The molecule has 1 atom stereocenters. The minimum absolute atomic E-state index is 0.0163. The van der Waals surface area contributed by atoms with Crippen molar-refractivity contribution in [3.63, 3.8) is 0 Å². The number of benzene rings is 1. The Balaban J connectivity index is 2.27. The number of amides is 1. The molecule has 0 bridgehead atoms. The molecule has 1 amide bonds. The van der Waals surface area contributed by atoms with Gasteiger partial charge in [-0.25, -0.2) is 13.6 Å². The Morgan fingerprint density at radius 3 is 2.65 bits per heavy atom. The molecule has 2 rings (SSSR count). The summed E-state index contributed by atoms with van der Waals surface area (Å²) in [5, 5.41) is 15.9. The van der Waals surface area contributed by atoms with E-state index in [1.54, 1.807) is 6.07 Å². The van der Waals surface area contributed by atoms with Gasteiger partial charge >= 0.3 is 0 Å². The Morgan fingerprint density at radius 1 is 1.40 bits per heavy atom. The lowest BCUT2D eigenvalue weighted by Gasteiger charge is -2.16. The molecule has 0 spiro atoms. The van der Waals surface area contributed by atoms with Crippen molar-refractivity contribution in [1.29, 1.82) is 0 Å². The highest BCUT2D eigenvalue weighted by Crippen LogP contribution is 2.32. The van der Waals surface area contributed by atoms with Crippen molar-refractivity contribution in [2.45, 2.75) is 6.42 Å². The molecule has 1 unspecified atom stereocenters. The van der Waals surface area contributed by atoms with E-state index >= 15 is 0 Å². The Labute approximate surface area is 115 Å². The monoisotopic (exact) mass is 299 g/mol. The molecule has 2 N–H and O–H groups in total. The first-order valence-corrected chi connectivity index (χ1v) is 7.54. The molecule has 1 fully saturated rings. The van der Waals surface area contributed by atoms with Gasteiger partial charge in [0.2, 0.25) is 15.9 Å². The summed E-state index contributed by atoms with van der Waals surface area (Å²) < 4.78 is 22.1. The predicted octanol–water partition coefficient (Wildman–Crippen LogP) is 0.236. The van der Waals surface area contributed by atoms with Crippen molar-refractivity contribution >= 4 is 27.3 Å². The summed E-state index contributed by atoms with van der Waals surface area (Å²) in [4.78, 5) is 23.5. The second-order valence-electron chi connectivity index (χ2n) is 4.65. The summed E-state index contributed by atoms with van der Waals surface area (Å²) in [6.45, 7) is 0.111. The normalized spacial score (nSPS) is 19.4. The number of hydrogen-bond acceptors (Lipinski definition) is 5. The first kappa shape index (κ1) is 14.4. The van der Waals surface area contributed by atoms with Crippen LogP contribution in [-0.2, 0) is 14.8 Å². The van der Waals surface area contributed by atoms with Crippen molar-refractivity contribution in [2.24, 2.45) is 11.1 Å². The lowest BCUT2D eigenvalue weighted by molar-refractivity contribution is -0.384. The fourth-order valence-corrected chi connectivity index (χ4v) is 3.18. The molecule has 1 aliphatic rings. The SMILES string of the molecule is NS(=O)(=O)CC1CC(=O)N(c2ccccc2[N+](=O)[O-])C1. The van der Waals surface area contributed by atoms with Gasteiger partial charge in [-0.2, -0.15) is 0 Å². The van der Waals surface area contributed by atoms with Gasteiger partial charge in [0, 0.05) is 24.9 Å². The summed E-state index contributed by atoms with van der Waals surface area (Å²) in [6, 6.07) is 5.86. The maximum atomic E-state index is 11.9. The number of anilines is 1. The Hall–Kier alpha value is -2.00. The molecule has 0 saturated carbocycles. The number of primary sulfonamides is 1. The van der Waals surface area contributed by atoms with Gasteiger partial charge in [-0.05, 0) is 6.07 Å². The van der Waals surface area contributed by atoms with Crippen LogP contribution in [0.2, 0.25) is 0 Å².